The monoisotopic (exact) mass is 490 g/mol. The van der Waals surface area contributed by atoms with Gasteiger partial charge in [0.15, 0.2) is 5.76 Å². The number of nitrogens with one attached hydrogen (secondary N) is 1. The molecule has 35 heavy (non-hydrogen) atoms. The van der Waals surface area contributed by atoms with Gasteiger partial charge in [0.2, 0.25) is 5.95 Å². The second-order valence-corrected chi connectivity index (χ2v) is 7.74. The van der Waals surface area contributed by atoms with E-state index in [1.54, 1.807) is 12.1 Å². The summed E-state index contributed by atoms with van der Waals surface area (Å²) in [6, 6.07) is 7.94. The predicted molar refractivity (Wildman–Crippen MR) is 118 cm³/mol. The summed E-state index contributed by atoms with van der Waals surface area (Å²) in [5.41, 5.74) is 5.50. The van der Waals surface area contributed by atoms with Crippen molar-refractivity contribution in [3.8, 4) is 11.5 Å². The molecule has 1 fully saturated rings. The SMILES string of the molecule is Nc1nc(NCc2cccc(C(F)(F)F)c2)c(C(=O)N2CCN(C(=O)O)CC2)c(-c2ccco2)n1. The number of benzene rings is 1. The molecule has 13 heteroatoms. The second-order valence-electron chi connectivity index (χ2n) is 7.74. The number of anilines is 2. The summed E-state index contributed by atoms with van der Waals surface area (Å²) in [6.45, 7) is 0.450. The Labute approximate surface area is 197 Å². The van der Waals surface area contributed by atoms with Crippen molar-refractivity contribution in [2.45, 2.75) is 12.7 Å². The van der Waals surface area contributed by atoms with Crippen LogP contribution in [-0.4, -0.2) is 63.1 Å². The van der Waals surface area contributed by atoms with E-state index in [0.29, 0.717) is 5.56 Å². The Morgan fingerprint density at radius 1 is 1.09 bits per heavy atom. The molecule has 0 radical (unpaired) electrons. The molecule has 4 rings (SSSR count). The number of nitrogens with two attached hydrogens (primary N) is 1. The van der Waals surface area contributed by atoms with Crippen molar-refractivity contribution in [3.63, 3.8) is 0 Å². The first-order chi connectivity index (χ1) is 16.6. The van der Waals surface area contributed by atoms with Crippen LogP contribution in [0.15, 0.2) is 47.1 Å². The highest BCUT2D eigenvalue weighted by molar-refractivity contribution is 6.04. The summed E-state index contributed by atoms with van der Waals surface area (Å²) < 4.78 is 44.7. The minimum Gasteiger partial charge on any atom is -0.465 e. The molecule has 1 aromatic carbocycles. The number of amides is 2. The Balaban J connectivity index is 1.67. The molecule has 0 atom stereocenters. The summed E-state index contributed by atoms with van der Waals surface area (Å²) in [5, 5.41) is 12.1. The lowest BCUT2D eigenvalue weighted by Crippen LogP contribution is -2.50. The van der Waals surface area contributed by atoms with Crippen molar-refractivity contribution in [2.24, 2.45) is 0 Å². The maximum atomic E-state index is 13.5. The van der Waals surface area contributed by atoms with E-state index in [0.717, 1.165) is 12.1 Å². The van der Waals surface area contributed by atoms with E-state index in [-0.39, 0.29) is 61.5 Å². The number of nitrogens with zero attached hydrogens (tertiary/aromatic N) is 4. The molecule has 2 aromatic heterocycles. The number of halogens is 3. The number of furan rings is 1. The van der Waals surface area contributed by atoms with E-state index in [1.165, 1.54) is 28.2 Å². The fourth-order valence-electron chi connectivity index (χ4n) is 3.70. The quantitative estimate of drug-likeness (QED) is 0.495. The summed E-state index contributed by atoms with van der Waals surface area (Å²) in [5.74, 6) is -0.399. The Bertz CT molecular complexity index is 1220. The standard InChI is InChI=1S/C22H21F3N6O4/c23-22(24,25)14-4-1-3-13(11-14)12-27-18-16(17(28-20(26)29-18)15-5-2-10-35-15)19(32)30-6-8-31(9-7-30)21(33)34/h1-5,10-11H,6-9,12H2,(H,33,34)(H3,26,27,28,29). The van der Waals surface area contributed by atoms with Crippen molar-refractivity contribution in [2.75, 3.05) is 37.2 Å². The Kier molecular flexibility index (Phi) is 6.49. The predicted octanol–water partition coefficient (Wildman–Crippen LogP) is 3.39. The number of hydrogen-bond donors (Lipinski definition) is 3. The minimum atomic E-state index is -4.50. The number of nitrogen functional groups attached to an aromatic ring is 1. The fraction of sp³-hybridized carbons (Fsp3) is 0.273. The summed E-state index contributed by atoms with van der Waals surface area (Å²) in [6.07, 6.45) is -4.18. The lowest BCUT2D eigenvalue weighted by Gasteiger charge is -2.33. The van der Waals surface area contributed by atoms with Gasteiger partial charge < -0.3 is 30.4 Å². The number of alkyl halides is 3. The Morgan fingerprint density at radius 2 is 1.80 bits per heavy atom. The minimum absolute atomic E-state index is 0.0184. The number of carbonyl (C=O) groups is 2. The number of hydrogen-bond acceptors (Lipinski definition) is 7. The van der Waals surface area contributed by atoms with Gasteiger partial charge in [-0.2, -0.15) is 18.2 Å². The highest BCUT2D eigenvalue weighted by Gasteiger charge is 2.32. The van der Waals surface area contributed by atoms with E-state index >= 15 is 0 Å². The van der Waals surface area contributed by atoms with E-state index < -0.39 is 23.7 Å². The zero-order valence-electron chi connectivity index (χ0n) is 18.2. The van der Waals surface area contributed by atoms with E-state index in [4.69, 9.17) is 15.3 Å². The van der Waals surface area contributed by atoms with Gasteiger partial charge >= 0.3 is 12.3 Å². The van der Waals surface area contributed by atoms with Gasteiger partial charge in [0.1, 0.15) is 17.1 Å². The van der Waals surface area contributed by atoms with Crippen LogP contribution in [0.1, 0.15) is 21.5 Å². The van der Waals surface area contributed by atoms with Crippen molar-refractivity contribution in [1.82, 2.24) is 19.8 Å². The summed E-state index contributed by atoms with van der Waals surface area (Å²) >= 11 is 0. The number of rotatable bonds is 5. The molecule has 10 nitrogen and oxygen atoms in total. The summed E-state index contributed by atoms with van der Waals surface area (Å²) in [7, 11) is 0. The van der Waals surface area contributed by atoms with Gasteiger partial charge in [0.25, 0.3) is 5.91 Å². The van der Waals surface area contributed by atoms with Crippen LogP contribution < -0.4 is 11.1 Å². The molecule has 184 valence electrons. The second kappa shape index (κ2) is 9.52. The van der Waals surface area contributed by atoms with Gasteiger partial charge in [0.05, 0.1) is 11.8 Å². The molecule has 0 unspecified atom stereocenters. The molecule has 0 spiro atoms. The van der Waals surface area contributed by atoms with Crippen LogP contribution in [0.25, 0.3) is 11.5 Å². The van der Waals surface area contributed by atoms with Crippen molar-refractivity contribution in [3.05, 3.63) is 59.4 Å². The Hall–Kier alpha value is -4.29. The van der Waals surface area contributed by atoms with Gasteiger partial charge in [-0.05, 0) is 29.8 Å². The zero-order chi connectivity index (χ0) is 25.2. The largest absolute Gasteiger partial charge is 0.465 e. The van der Waals surface area contributed by atoms with E-state index in [9.17, 15) is 22.8 Å². The first-order valence-electron chi connectivity index (χ1n) is 10.5. The number of aromatic nitrogens is 2. The lowest BCUT2D eigenvalue weighted by atomic mass is 10.1. The van der Waals surface area contributed by atoms with Gasteiger partial charge in [0, 0.05) is 32.7 Å². The number of carboxylic acid groups (broad SMARTS) is 1. The third-order valence-electron chi connectivity index (χ3n) is 5.45. The normalized spacial score (nSPS) is 14.1. The lowest BCUT2D eigenvalue weighted by molar-refractivity contribution is -0.137. The van der Waals surface area contributed by atoms with Crippen LogP contribution in [0.4, 0.5) is 29.7 Å². The van der Waals surface area contributed by atoms with Crippen LogP contribution in [0.2, 0.25) is 0 Å². The number of carbonyl (C=O) groups excluding carboxylic acids is 1. The van der Waals surface area contributed by atoms with Gasteiger partial charge in [-0.3, -0.25) is 4.79 Å². The van der Waals surface area contributed by atoms with Gasteiger partial charge in [-0.15, -0.1) is 0 Å². The van der Waals surface area contributed by atoms with Gasteiger partial charge in [-0.1, -0.05) is 12.1 Å². The van der Waals surface area contributed by atoms with Crippen LogP contribution in [0.5, 0.6) is 0 Å². The van der Waals surface area contributed by atoms with Crippen LogP contribution in [0.3, 0.4) is 0 Å². The molecule has 1 saturated heterocycles. The molecular formula is C22H21F3N6O4. The maximum absolute atomic E-state index is 13.5. The molecule has 4 N–H and O–H groups in total. The third kappa shape index (κ3) is 5.28. The molecule has 1 aliphatic rings. The highest BCUT2D eigenvalue weighted by atomic mass is 19.4. The van der Waals surface area contributed by atoms with Crippen molar-refractivity contribution in [1.29, 1.82) is 0 Å². The Morgan fingerprint density at radius 3 is 2.43 bits per heavy atom. The van der Waals surface area contributed by atoms with E-state index in [2.05, 4.69) is 15.3 Å². The first-order valence-corrected chi connectivity index (χ1v) is 10.5. The topological polar surface area (TPSA) is 138 Å². The molecule has 3 aromatic rings. The molecular weight excluding hydrogens is 469 g/mol. The van der Waals surface area contributed by atoms with Crippen molar-refractivity contribution < 1.29 is 32.3 Å². The average molecular weight is 490 g/mol. The fourth-order valence-corrected chi connectivity index (χ4v) is 3.70. The molecule has 0 aliphatic carbocycles. The van der Waals surface area contributed by atoms with Gasteiger partial charge in [-0.25, -0.2) is 9.78 Å². The van der Waals surface area contributed by atoms with Crippen LogP contribution >= 0.6 is 0 Å². The number of piperazine rings is 1. The zero-order valence-corrected chi connectivity index (χ0v) is 18.2. The smallest absolute Gasteiger partial charge is 0.416 e. The van der Waals surface area contributed by atoms with E-state index in [1.807, 2.05) is 0 Å². The maximum Gasteiger partial charge on any atom is 0.416 e. The highest BCUT2D eigenvalue weighted by Crippen LogP contribution is 2.31. The average Bonchev–Trinajstić information content (AvgIpc) is 3.36. The molecule has 2 amide bonds. The molecule has 1 aliphatic heterocycles. The first kappa shape index (κ1) is 23.9. The molecule has 0 bridgehead atoms. The van der Waals surface area contributed by atoms with Crippen LogP contribution in [-0.2, 0) is 12.7 Å². The summed E-state index contributed by atoms with van der Waals surface area (Å²) in [4.78, 5) is 35.7. The molecule has 3 heterocycles. The third-order valence-corrected chi connectivity index (χ3v) is 5.45. The van der Waals surface area contributed by atoms with Crippen LogP contribution in [0, 0.1) is 0 Å². The molecule has 0 saturated carbocycles. The van der Waals surface area contributed by atoms with Crippen molar-refractivity contribution >= 4 is 23.8 Å².